The van der Waals surface area contributed by atoms with Crippen LogP contribution in [-0.4, -0.2) is 41.2 Å². The van der Waals surface area contributed by atoms with Gasteiger partial charge in [-0.25, -0.2) is 4.98 Å². The summed E-state index contributed by atoms with van der Waals surface area (Å²) in [7, 11) is 1.58. The summed E-state index contributed by atoms with van der Waals surface area (Å²) in [5.74, 6) is 1.47. The Morgan fingerprint density at radius 3 is 2.68 bits per heavy atom. The molecule has 1 aromatic carbocycles. The van der Waals surface area contributed by atoms with Gasteiger partial charge in [0.2, 0.25) is 17.7 Å². The number of nitrogens with zero attached hydrogens (tertiary/aromatic N) is 3. The summed E-state index contributed by atoms with van der Waals surface area (Å²) in [6.45, 7) is 1.95. The Morgan fingerprint density at radius 1 is 1.28 bits per heavy atom. The molecule has 1 aromatic heterocycles. The molecule has 7 nitrogen and oxygen atoms in total. The third-order valence-electron chi connectivity index (χ3n) is 4.38. The number of piperidine rings is 1. The molecule has 25 heavy (non-hydrogen) atoms. The lowest BCUT2D eigenvalue weighted by Gasteiger charge is -2.31. The first-order valence-electron chi connectivity index (χ1n) is 8.33. The van der Waals surface area contributed by atoms with Crippen molar-refractivity contribution in [2.24, 2.45) is 5.92 Å². The molecule has 1 aliphatic heterocycles. The van der Waals surface area contributed by atoms with E-state index in [2.05, 4.69) is 20.2 Å². The number of hydrogen-bond acceptors (Lipinski definition) is 6. The molecule has 2 heterocycles. The Morgan fingerprint density at radius 2 is 2.00 bits per heavy atom. The van der Waals surface area contributed by atoms with E-state index in [-0.39, 0.29) is 17.6 Å². The number of rotatable bonds is 5. The van der Waals surface area contributed by atoms with E-state index in [1.807, 2.05) is 0 Å². The van der Waals surface area contributed by atoms with E-state index in [1.165, 1.54) is 0 Å². The van der Waals surface area contributed by atoms with Gasteiger partial charge in [-0.05, 0) is 30.5 Å². The summed E-state index contributed by atoms with van der Waals surface area (Å²) in [4.78, 5) is 23.0. The van der Waals surface area contributed by atoms with Crippen molar-refractivity contribution in [3.8, 4) is 11.6 Å². The Bertz CT molecular complexity index is 713. The Hall–Kier alpha value is -2.83. The minimum atomic E-state index is -0.000951. The lowest BCUT2D eigenvalue weighted by atomic mass is 9.96. The van der Waals surface area contributed by atoms with Crippen LogP contribution < -0.4 is 15.0 Å². The average Bonchev–Trinajstić information content (AvgIpc) is 2.67. The van der Waals surface area contributed by atoms with Crippen LogP contribution in [0.1, 0.15) is 18.4 Å². The molecular weight excluding hydrogens is 320 g/mol. The molecule has 0 spiro atoms. The van der Waals surface area contributed by atoms with E-state index in [9.17, 15) is 9.90 Å². The van der Waals surface area contributed by atoms with Crippen LogP contribution in [0, 0.1) is 5.92 Å². The number of aromatic hydroxyl groups is 1. The van der Waals surface area contributed by atoms with Crippen molar-refractivity contribution in [2.45, 2.75) is 19.4 Å². The first-order valence-corrected chi connectivity index (χ1v) is 8.33. The highest BCUT2D eigenvalue weighted by Crippen LogP contribution is 2.22. The number of phenols is 1. The van der Waals surface area contributed by atoms with Crippen molar-refractivity contribution in [1.82, 2.24) is 15.3 Å². The molecule has 3 rings (SSSR count). The van der Waals surface area contributed by atoms with Gasteiger partial charge in [0.25, 0.3) is 0 Å². The summed E-state index contributed by atoms with van der Waals surface area (Å²) in [6, 6.07) is 8.56. The van der Waals surface area contributed by atoms with Crippen LogP contribution in [0.15, 0.2) is 36.5 Å². The van der Waals surface area contributed by atoms with Gasteiger partial charge in [0, 0.05) is 37.8 Å². The first-order chi connectivity index (χ1) is 12.2. The number of carbonyl (C=O) groups excluding carboxylic acids is 1. The van der Waals surface area contributed by atoms with Gasteiger partial charge in [0.05, 0.1) is 7.11 Å². The zero-order valence-corrected chi connectivity index (χ0v) is 14.2. The molecule has 1 saturated heterocycles. The van der Waals surface area contributed by atoms with E-state index in [0.717, 1.165) is 31.5 Å². The van der Waals surface area contributed by atoms with Crippen LogP contribution in [0.5, 0.6) is 11.6 Å². The lowest BCUT2D eigenvalue weighted by molar-refractivity contribution is -0.125. The van der Waals surface area contributed by atoms with Crippen LogP contribution in [0.3, 0.4) is 0 Å². The number of phenolic OH excluding ortho intramolecular Hbond substituents is 1. The molecule has 0 atom stereocenters. The summed E-state index contributed by atoms with van der Waals surface area (Å²) in [5.41, 5.74) is 0.966. The fourth-order valence-corrected chi connectivity index (χ4v) is 2.89. The molecule has 1 amide bonds. The minimum absolute atomic E-state index is 0.000951. The molecule has 0 unspecified atom stereocenters. The zero-order chi connectivity index (χ0) is 17.6. The van der Waals surface area contributed by atoms with Gasteiger partial charge in [0.15, 0.2) is 0 Å². The van der Waals surface area contributed by atoms with Crippen LogP contribution in [-0.2, 0) is 11.3 Å². The molecule has 2 aromatic rings. The topological polar surface area (TPSA) is 87.6 Å². The quantitative estimate of drug-likeness (QED) is 0.860. The van der Waals surface area contributed by atoms with Gasteiger partial charge >= 0.3 is 0 Å². The second-order valence-corrected chi connectivity index (χ2v) is 6.04. The maximum absolute atomic E-state index is 12.4. The minimum Gasteiger partial charge on any atom is -0.508 e. The Balaban J connectivity index is 1.49. The summed E-state index contributed by atoms with van der Waals surface area (Å²) in [5, 5.41) is 12.3. The van der Waals surface area contributed by atoms with E-state index < -0.39 is 0 Å². The molecule has 7 heteroatoms. The molecule has 1 fully saturated rings. The predicted octanol–water partition coefficient (Wildman–Crippen LogP) is 1.72. The smallest absolute Gasteiger partial charge is 0.228 e. The Kier molecular flexibility index (Phi) is 5.33. The fourth-order valence-electron chi connectivity index (χ4n) is 2.89. The van der Waals surface area contributed by atoms with Crippen molar-refractivity contribution in [3.05, 3.63) is 42.1 Å². The highest BCUT2D eigenvalue weighted by atomic mass is 16.5. The maximum Gasteiger partial charge on any atom is 0.228 e. The number of amides is 1. The summed E-state index contributed by atoms with van der Waals surface area (Å²) in [6.07, 6.45) is 3.21. The summed E-state index contributed by atoms with van der Waals surface area (Å²) < 4.78 is 5.13. The standard InChI is InChI=1S/C18H22N4O3/c1-25-16-6-9-19-18(21-16)22-10-7-14(8-11-22)17(24)20-12-13-2-4-15(23)5-3-13/h2-6,9,14,23H,7-8,10-12H2,1H3,(H,20,24). The number of aromatic nitrogens is 2. The van der Waals surface area contributed by atoms with Gasteiger partial charge in [-0.1, -0.05) is 12.1 Å². The first kappa shape index (κ1) is 17.0. The normalized spacial score (nSPS) is 15.0. The van der Waals surface area contributed by atoms with Gasteiger partial charge in [-0.2, -0.15) is 4.98 Å². The second kappa shape index (κ2) is 7.83. The van der Waals surface area contributed by atoms with E-state index >= 15 is 0 Å². The van der Waals surface area contributed by atoms with Crippen molar-refractivity contribution in [3.63, 3.8) is 0 Å². The predicted molar refractivity (Wildman–Crippen MR) is 93.5 cm³/mol. The highest BCUT2D eigenvalue weighted by molar-refractivity contribution is 5.78. The van der Waals surface area contributed by atoms with Crippen molar-refractivity contribution < 1.29 is 14.6 Å². The van der Waals surface area contributed by atoms with E-state index in [0.29, 0.717) is 18.4 Å². The number of ether oxygens (including phenoxy) is 1. The van der Waals surface area contributed by atoms with Crippen LogP contribution in [0.4, 0.5) is 5.95 Å². The zero-order valence-electron chi connectivity index (χ0n) is 14.2. The molecule has 0 radical (unpaired) electrons. The molecule has 2 N–H and O–H groups in total. The van der Waals surface area contributed by atoms with Crippen LogP contribution >= 0.6 is 0 Å². The molecule has 132 valence electrons. The molecular formula is C18H22N4O3. The van der Waals surface area contributed by atoms with E-state index in [1.54, 1.807) is 43.6 Å². The van der Waals surface area contributed by atoms with Crippen molar-refractivity contribution in [1.29, 1.82) is 0 Å². The molecule has 0 aliphatic carbocycles. The summed E-state index contributed by atoms with van der Waals surface area (Å²) >= 11 is 0. The van der Waals surface area contributed by atoms with Crippen molar-refractivity contribution >= 4 is 11.9 Å². The third kappa shape index (κ3) is 4.37. The second-order valence-electron chi connectivity index (χ2n) is 6.04. The largest absolute Gasteiger partial charge is 0.508 e. The fraction of sp³-hybridized carbons (Fsp3) is 0.389. The lowest BCUT2D eigenvalue weighted by Crippen LogP contribution is -2.41. The number of benzene rings is 1. The third-order valence-corrected chi connectivity index (χ3v) is 4.38. The monoisotopic (exact) mass is 342 g/mol. The SMILES string of the molecule is COc1ccnc(N2CCC(C(=O)NCc3ccc(O)cc3)CC2)n1. The van der Waals surface area contributed by atoms with Gasteiger partial charge in [-0.15, -0.1) is 0 Å². The average molecular weight is 342 g/mol. The number of carbonyl (C=O) groups is 1. The maximum atomic E-state index is 12.4. The Labute approximate surface area is 146 Å². The number of nitrogens with one attached hydrogen (secondary N) is 1. The van der Waals surface area contributed by atoms with Crippen molar-refractivity contribution in [2.75, 3.05) is 25.1 Å². The highest BCUT2D eigenvalue weighted by Gasteiger charge is 2.26. The van der Waals surface area contributed by atoms with E-state index in [4.69, 9.17) is 4.74 Å². The molecule has 0 bridgehead atoms. The molecule has 0 saturated carbocycles. The van der Waals surface area contributed by atoms with Crippen LogP contribution in [0.25, 0.3) is 0 Å². The van der Waals surface area contributed by atoms with Gasteiger partial charge < -0.3 is 20.1 Å². The number of hydrogen-bond donors (Lipinski definition) is 2. The molecule has 1 aliphatic rings. The van der Waals surface area contributed by atoms with Gasteiger partial charge in [-0.3, -0.25) is 4.79 Å². The number of anilines is 1. The van der Waals surface area contributed by atoms with Crippen LogP contribution in [0.2, 0.25) is 0 Å². The van der Waals surface area contributed by atoms with Gasteiger partial charge in [0.1, 0.15) is 5.75 Å². The number of methoxy groups -OCH3 is 1.